The second-order valence-corrected chi connectivity index (χ2v) is 9.56. The highest BCUT2D eigenvalue weighted by Gasteiger charge is 2.54. The standard InChI is InChI=1S/C18H32FN3O5/c1-16(2,3)9-11(22(15(26)27)17(4,5)6)14(25)21-18(7-10(19)8-18)12(23)13(20)24/h10-12,23H,7-9H2,1-6H3,(H2,20,24)(H,21,25)(H,26,27)/t10?,11?,12-,18?/m1/s1. The molecule has 1 saturated carbocycles. The number of amides is 3. The van der Waals surface area contributed by atoms with Crippen molar-refractivity contribution < 1.29 is 29.0 Å². The minimum atomic E-state index is -1.75. The van der Waals surface area contributed by atoms with Gasteiger partial charge in [0.1, 0.15) is 12.2 Å². The molecule has 0 spiro atoms. The Labute approximate surface area is 159 Å². The molecular weight excluding hydrogens is 357 g/mol. The predicted molar refractivity (Wildman–Crippen MR) is 97.7 cm³/mol. The van der Waals surface area contributed by atoms with Crippen LogP contribution in [0.3, 0.4) is 0 Å². The van der Waals surface area contributed by atoms with Gasteiger partial charge in [-0.15, -0.1) is 0 Å². The molecule has 1 aliphatic carbocycles. The van der Waals surface area contributed by atoms with Crippen molar-refractivity contribution in [1.82, 2.24) is 10.2 Å². The summed E-state index contributed by atoms with van der Waals surface area (Å²) in [5.41, 5.74) is 2.36. The average molecular weight is 389 g/mol. The van der Waals surface area contributed by atoms with Crippen LogP contribution in [0.2, 0.25) is 0 Å². The van der Waals surface area contributed by atoms with Crippen LogP contribution < -0.4 is 11.1 Å². The summed E-state index contributed by atoms with van der Waals surface area (Å²) < 4.78 is 13.5. The molecule has 8 nitrogen and oxygen atoms in total. The van der Waals surface area contributed by atoms with E-state index < -0.39 is 52.7 Å². The second kappa shape index (κ2) is 7.61. The van der Waals surface area contributed by atoms with Gasteiger partial charge in [0.15, 0.2) is 6.10 Å². The van der Waals surface area contributed by atoms with E-state index in [1.165, 1.54) is 0 Å². The lowest BCUT2D eigenvalue weighted by molar-refractivity contribution is -0.144. The molecule has 156 valence electrons. The number of halogens is 1. The zero-order valence-corrected chi connectivity index (χ0v) is 16.9. The van der Waals surface area contributed by atoms with Crippen molar-refractivity contribution in [3.8, 4) is 0 Å². The highest BCUT2D eigenvalue weighted by molar-refractivity contribution is 5.88. The van der Waals surface area contributed by atoms with Gasteiger partial charge in [0.25, 0.3) is 0 Å². The first kappa shape index (κ1) is 23.1. The van der Waals surface area contributed by atoms with Crippen molar-refractivity contribution in [3.05, 3.63) is 0 Å². The number of carboxylic acid groups (broad SMARTS) is 1. The fourth-order valence-corrected chi connectivity index (χ4v) is 3.49. The number of nitrogens with zero attached hydrogens (tertiary/aromatic N) is 1. The average Bonchev–Trinajstić information content (AvgIpc) is 2.39. The number of nitrogens with one attached hydrogen (secondary N) is 1. The minimum absolute atomic E-state index is 0.199. The number of nitrogens with two attached hydrogens (primary N) is 1. The maximum atomic E-state index is 13.5. The molecule has 9 heteroatoms. The van der Waals surface area contributed by atoms with E-state index in [0.717, 1.165) is 4.90 Å². The molecule has 1 unspecified atom stereocenters. The topological polar surface area (TPSA) is 133 Å². The highest BCUT2D eigenvalue weighted by atomic mass is 19.1. The number of aliphatic hydroxyl groups excluding tert-OH is 1. The lowest BCUT2D eigenvalue weighted by Gasteiger charge is -2.48. The molecule has 0 aromatic heterocycles. The number of primary amides is 1. The second-order valence-electron chi connectivity index (χ2n) is 9.56. The number of aliphatic hydroxyl groups is 1. The first-order valence-corrected chi connectivity index (χ1v) is 8.96. The molecule has 0 aromatic carbocycles. The lowest BCUT2D eigenvalue weighted by atomic mass is 9.70. The Hall–Kier alpha value is -1.90. The molecule has 27 heavy (non-hydrogen) atoms. The normalized spacial score (nSPS) is 25.1. The summed E-state index contributed by atoms with van der Waals surface area (Å²) in [5.74, 6) is -1.75. The number of hydrogen-bond donors (Lipinski definition) is 4. The number of carbonyl (C=O) groups excluding carboxylic acids is 2. The van der Waals surface area contributed by atoms with Crippen molar-refractivity contribution in [2.75, 3.05) is 0 Å². The Morgan fingerprint density at radius 1 is 1.22 bits per heavy atom. The maximum absolute atomic E-state index is 13.5. The van der Waals surface area contributed by atoms with E-state index in [9.17, 15) is 29.0 Å². The molecule has 3 amide bonds. The van der Waals surface area contributed by atoms with E-state index >= 15 is 0 Å². The summed E-state index contributed by atoms with van der Waals surface area (Å²) in [5, 5.41) is 22.3. The molecule has 1 fully saturated rings. The van der Waals surface area contributed by atoms with E-state index in [1.807, 2.05) is 20.8 Å². The lowest BCUT2D eigenvalue weighted by Crippen LogP contribution is -2.70. The third-order valence-electron chi connectivity index (χ3n) is 4.69. The van der Waals surface area contributed by atoms with Crippen LogP contribution in [0.15, 0.2) is 0 Å². The molecule has 0 aliphatic heterocycles. The monoisotopic (exact) mass is 389 g/mol. The Morgan fingerprint density at radius 2 is 1.70 bits per heavy atom. The Kier molecular flexibility index (Phi) is 6.52. The molecule has 0 bridgehead atoms. The minimum Gasteiger partial charge on any atom is -0.465 e. The summed E-state index contributed by atoms with van der Waals surface area (Å²) in [6.45, 7) is 10.6. The van der Waals surface area contributed by atoms with Gasteiger partial charge in [-0.1, -0.05) is 20.8 Å². The van der Waals surface area contributed by atoms with Crippen molar-refractivity contribution >= 4 is 17.9 Å². The number of alkyl halides is 1. The van der Waals surface area contributed by atoms with E-state index in [-0.39, 0.29) is 19.3 Å². The molecular formula is C18H32FN3O5. The molecule has 0 radical (unpaired) electrons. The Balaban J connectivity index is 3.23. The van der Waals surface area contributed by atoms with Crippen LogP contribution in [0.4, 0.5) is 9.18 Å². The molecule has 2 atom stereocenters. The molecule has 5 N–H and O–H groups in total. The van der Waals surface area contributed by atoms with Gasteiger partial charge in [-0.3, -0.25) is 14.5 Å². The Bertz CT molecular complexity index is 591. The maximum Gasteiger partial charge on any atom is 0.408 e. The summed E-state index contributed by atoms with van der Waals surface area (Å²) in [6.07, 6.45) is -4.62. The fourth-order valence-electron chi connectivity index (χ4n) is 3.49. The van der Waals surface area contributed by atoms with Gasteiger partial charge in [0.2, 0.25) is 11.8 Å². The summed E-state index contributed by atoms with van der Waals surface area (Å²) in [4.78, 5) is 37.4. The van der Waals surface area contributed by atoms with Crippen LogP contribution in [-0.2, 0) is 9.59 Å². The van der Waals surface area contributed by atoms with Crippen molar-refractivity contribution in [2.45, 2.75) is 90.2 Å². The van der Waals surface area contributed by atoms with Crippen molar-refractivity contribution in [3.63, 3.8) is 0 Å². The van der Waals surface area contributed by atoms with Gasteiger partial charge in [-0.25, -0.2) is 9.18 Å². The van der Waals surface area contributed by atoms with Crippen LogP contribution in [0, 0.1) is 5.41 Å². The zero-order chi connectivity index (χ0) is 21.4. The van der Waals surface area contributed by atoms with Gasteiger partial charge in [-0.05, 0) is 32.6 Å². The van der Waals surface area contributed by atoms with Gasteiger partial charge < -0.3 is 21.3 Å². The fraction of sp³-hybridized carbons (Fsp3) is 0.833. The van der Waals surface area contributed by atoms with E-state index in [0.29, 0.717) is 0 Å². The van der Waals surface area contributed by atoms with Gasteiger partial charge in [-0.2, -0.15) is 0 Å². The quantitative estimate of drug-likeness (QED) is 0.545. The number of rotatable bonds is 6. The van der Waals surface area contributed by atoms with Crippen LogP contribution in [-0.4, -0.2) is 62.4 Å². The van der Waals surface area contributed by atoms with Gasteiger partial charge in [0.05, 0.1) is 5.54 Å². The van der Waals surface area contributed by atoms with Crippen molar-refractivity contribution in [1.29, 1.82) is 0 Å². The Morgan fingerprint density at radius 3 is 2.00 bits per heavy atom. The van der Waals surface area contributed by atoms with Crippen LogP contribution in [0.1, 0.15) is 60.8 Å². The third kappa shape index (κ3) is 5.54. The van der Waals surface area contributed by atoms with E-state index in [4.69, 9.17) is 5.73 Å². The third-order valence-corrected chi connectivity index (χ3v) is 4.69. The smallest absolute Gasteiger partial charge is 0.408 e. The van der Waals surface area contributed by atoms with Crippen LogP contribution in [0.25, 0.3) is 0 Å². The van der Waals surface area contributed by atoms with E-state index in [1.54, 1.807) is 20.8 Å². The summed E-state index contributed by atoms with van der Waals surface area (Å²) in [6, 6.07) is -1.09. The van der Waals surface area contributed by atoms with Crippen LogP contribution in [0.5, 0.6) is 0 Å². The molecule has 0 saturated heterocycles. The molecule has 1 aliphatic rings. The summed E-state index contributed by atoms with van der Waals surface area (Å²) in [7, 11) is 0. The van der Waals surface area contributed by atoms with E-state index in [2.05, 4.69) is 5.32 Å². The number of hydrogen-bond acceptors (Lipinski definition) is 4. The SMILES string of the molecule is CC(C)(C)CC(C(=O)NC1([C@H](O)C(N)=O)CC(F)C1)N(C(=O)O)C(C)(C)C. The molecule has 0 aromatic rings. The predicted octanol–water partition coefficient (Wildman–Crippen LogP) is 1.40. The van der Waals surface area contributed by atoms with Crippen molar-refractivity contribution in [2.24, 2.45) is 11.1 Å². The zero-order valence-electron chi connectivity index (χ0n) is 16.9. The largest absolute Gasteiger partial charge is 0.465 e. The highest BCUT2D eigenvalue weighted by Crippen LogP contribution is 2.38. The summed E-state index contributed by atoms with van der Waals surface area (Å²) >= 11 is 0. The van der Waals surface area contributed by atoms with Gasteiger partial charge >= 0.3 is 6.09 Å². The molecule has 0 heterocycles. The first-order chi connectivity index (χ1) is 12.0. The number of carbonyl (C=O) groups is 3. The van der Waals surface area contributed by atoms with Crippen LogP contribution >= 0.6 is 0 Å². The molecule has 1 rings (SSSR count). The first-order valence-electron chi connectivity index (χ1n) is 8.96. The van der Waals surface area contributed by atoms with Gasteiger partial charge in [0, 0.05) is 18.4 Å².